The highest BCUT2D eigenvalue weighted by Gasteiger charge is 2.30. The summed E-state index contributed by atoms with van der Waals surface area (Å²) >= 11 is 3.48. The van der Waals surface area contributed by atoms with Crippen molar-refractivity contribution in [2.75, 3.05) is 10.6 Å². The Morgan fingerprint density at radius 1 is 1.14 bits per heavy atom. The van der Waals surface area contributed by atoms with Crippen LogP contribution in [0.4, 0.5) is 11.5 Å². The molecule has 9 nitrogen and oxygen atoms in total. The van der Waals surface area contributed by atoms with Gasteiger partial charge in [0.2, 0.25) is 11.8 Å². The fourth-order valence-corrected chi connectivity index (χ4v) is 3.97. The Morgan fingerprint density at radius 3 is 2.70 bits per heavy atom. The number of fused-ring (bicyclic) bond motifs is 1. The molecule has 1 saturated carbocycles. The van der Waals surface area contributed by atoms with Crippen LogP contribution in [0.15, 0.2) is 65.3 Å². The molecule has 2 aromatic heterocycles. The van der Waals surface area contributed by atoms with Crippen molar-refractivity contribution in [2.24, 2.45) is 5.92 Å². The number of nitrogens with one attached hydrogen (secondary N) is 2. The lowest BCUT2D eigenvalue weighted by Gasteiger charge is -2.16. The quantitative estimate of drug-likeness (QED) is 0.300. The number of hydrogen-bond donors (Lipinski definition) is 2. The zero-order valence-corrected chi connectivity index (χ0v) is 21.7. The van der Waals surface area contributed by atoms with Crippen molar-refractivity contribution in [3.8, 4) is 17.7 Å². The van der Waals surface area contributed by atoms with E-state index in [2.05, 4.69) is 42.7 Å². The number of imidazole rings is 1. The number of aromatic nitrogens is 3. The number of carbonyl (C=O) groups excluding carboxylic acids is 2. The predicted octanol–water partition coefficient (Wildman–Crippen LogP) is 5.69. The van der Waals surface area contributed by atoms with E-state index in [9.17, 15) is 14.9 Å². The van der Waals surface area contributed by atoms with Crippen molar-refractivity contribution in [1.29, 1.82) is 5.26 Å². The minimum absolute atomic E-state index is 0.0248. The molecule has 0 saturated heterocycles. The van der Waals surface area contributed by atoms with Crippen LogP contribution in [0, 0.1) is 17.2 Å². The van der Waals surface area contributed by atoms with Crippen molar-refractivity contribution in [1.82, 2.24) is 14.6 Å². The number of nitriles is 1. The number of hydrogen-bond acceptors (Lipinski definition) is 6. The monoisotopic (exact) mass is 558 g/mol. The fourth-order valence-electron chi connectivity index (χ4n) is 3.64. The Hall–Kier alpha value is -4.23. The summed E-state index contributed by atoms with van der Waals surface area (Å²) in [6.45, 7) is 3.62. The van der Waals surface area contributed by atoms with E-state index in [1.807, 2.05) is 19.9 Å². The number of nitrogens with zero attached hydrogens (tertiary/aromatic N) is 4. The topological polar surface area (TPSA) is 121 Å². The molecule has 0 bridgehead atoms. The predicted molar refractivity (Wildman–Crippen MR) is 142 cm³/mol. The van der Waals surface area contributed by atoms with Gasteiger partial charge in [0.05, 0.1) is 22.2 Å². The second kappa shape index (κ2) is 9.67. The van der Waals surface area contributed by atoms with Crippen LogP contribution in [-0.2, 0) is 10.2 Å². The van der Waals surface area contributed by atoms with E-state index in [4.69, 9.17) is 4.74 Å². The molecule has 37 heavy (non-hydrogen) atoms. The van der Waals surface area contributed by atoms with Gasteiger partial charge in [-0.25, -0.2) is 9.50 Å². The standard InChI is InChI=1S/C27H23BrN6O3/c1-27(2,15-29)18-5-3-4-17(12-18)26(36)30-19-8-9-20(28)21(13-19)37-24-11-10-23-31-22(14-34(23)33-24)32-25(35)16-6-7-16/h3-5,8-14,16H,6-7H2,1-2H3,(H,30,36)(H,32,35). The van der Waals surface area contributed by atoms with Crippen LogP contribution in [0.1, 0.15) is 42.6 Å². The molecule has 186 valence electrons. The summed E-state index contributed by atoms with van der Waals surface area (Å²) < 4.78 is 8.19. The highest BCUT2D eigenvalue weighted by molar-refractivity contribution is 9.10. The molecule has 2 N–H and O–H groups in total. The molecular formula is C27H23BrN6O3. The molecular weight excluding hydrogens is 536 g/mol. The number of carbonyl (C=O) groups is 2. The first-order valence-electron chi connectivity index (χ1n) is 11.7. The van der Waals surface area contributed by atoms with Crippen LogP contribution >= 0.6 is 15.9 Å². The molecule has 2 aromatic carbocycles. The van der Waals surface area contributed by atoms with Crippen LogP contribution < -0.4 is 15.4 Å². The van der Waals surface area contributed by atoms with Gasteiger partial charge >= 0.3 is 0 Å². The van der Waals surface area contributed by atoms with Crippen LogP contribution in [0.5, 0.6) is 11.6 Å². The second-order valence-corrected chi connectivity index (χ2v) is 10.2. The van der Waals surface area contributed by atoms with Crippen molar-refractivity contribution < 1.29 is 14.3 Å². The van der Waals surface area contributed by atoms with E-state index in [0.29, 0.717) is 38.8 Å². The number of halogens is 1. The zero-order chi connectivity index (χ0) is 26.2. The molecule has 5 rings (SSSR count). The molecule has 0 unspecified atom stereocenters. The average Bonchev–Trinajstić information content (AvgIpc) is 3.67. The van der Waals surface area contributed by atoms with Crippen LogP contribution in [0.25, 0.3) is 5.65 Å². The smallest absolute Gasteiger partial charge is 0.255 e. The molecule has 0 aliphatic heterocycles. The van der Waals surface area contributed by atoms with Gasteiger partial charge in [0, 0.05) is 29.3 Å². The molecule has 0 radical (unpaired) electrons. The second-order valence-electron chi connectivity index (χ2n) is 9.38. The maximum Gasteiger partial charge on any atom is 0.255 e. The Kier molecular flexibility index (Phi) is 6.39. The largest absolute Gasteiger partial charge is 0.436 e. The highest BCUT2D eigenvalue weighted by Crippen LogP contribution is 2.33. The summed E-state index contributed by atoms with van der Waals surface area (Å²) in [6, 6.07) is 17.9. The zero-order valence-electron chi connectivity index (χ0n) is 20.2. The minimum atomic E-state index is -0.707. The van der Waals surface area contributed by atoms with E-state index in [-0.39, 0.29) is 17.7 Å². The first kappa shape index (κ1) is 24.5. The molecule has 0 spiro atoms. The molecule has 2 heterocycles. The number of benzene rings is 2. The minimum Gasteiger partial charge on any atom is -0.436 e. The van der Waals surface area contributed by atoms with Gasteiger partial charge in [0.15, 0.2) is 11.5 Å². The third-order valence-electron chi connectivity index (χ3n) is 6.02. The summed E-state index contributed by atoms with van der Waals surface area (Å²) in [6.07, 6.45) is 3.46. The Labute approximate surface area is 221 Å². The highest BCUT2D eigenvalue weighted by atomic mass is 79.9. The van der Waals surface area contributed by atoms with Gasteiger partial charge in [0.25, 0.3) is 5.91 Å². The van der Waals surface area contributed by atoms with Gasteiger partial charge in [-0.3, -0.25) is 9.59 Å². The molecule has 2 amide bonds. The average molecular weight is 559 g/mol. The van der Waals surface area contributed by atoms with Crippen molar-refractivity contribution in [2.45, 2.75) is 32.1 Å². The summed E-state index contributed by atoms with van der Waals surface area (Å²) in [4.78, 5) is 29.3. The Balaban J connectivity index is 1.32. The molecule has 1 fully saturated rings. The van der Waals surface area contributed by atoms with Gasteiger partial charge in [-0.15, -0.1) is 5.10 Å². The van der Waals surface area contributed by atoms with Gasteiger partial charge in [0.1, 0.15) is 5.75 Å². The Morgan fingerprint density at radius 2 is 1.95 bits per heavy atom. The molecule has 10 heteroatoms. The fraction of sp³-hybridized carbons (Fsp3) is 0.222. The van der Waals surface area contributed by atoms with E-state index >= 15 is 0 Å². The lowest BCUT2D eigenvalue weighted by molar-refractivity contribution is -0.117. The SMILES string of the molecule is CC(C)(C#N)c1cccc(C(=O)Nc2ccc(Br)c(Oc3ccc4nc(NC(=O)C5CC5)cn4n3)c2)c1. The lowest BCUT2D eigenvalue weighted by Crippen LogP contribution is -2.17. The van der Waals surface area contributed by atoms with E-state index < -0.39 is 5.41 Å². The maximum atomic E-state index is 12.9. The van der Waals surface area contributed by atoms with E-state index in [1.165, 1.54) is 4.52 Å². The number of rotatable bonds is 7. The first-order chi connectivity index (χ1) is 17.7. The van der Waals surface area contributed by atoms with Gasteiger partial charge in [-0.1, -0.05) is 12.1 Å². The maximum absolute atomic E-state index is 12.9. The number of ether oxygens (including phenoxy) is 1. The molecule has 1 aliphatic rings. The summed E-state index contributed by atoms with van der Waals surface area (Å²) in [5.74, 6) is 0.947. The van der Waals surface area contributed by atoms with Gasteiger partial charge in [-0.05, 0) is 78.5 Å². The van der Waals surface area contributed by atoms with Crippen molar-refractivity contribution in [3.05, 3.63) is 76.4 Å². The van der Waals surface area contributed by atoms with Crippen LogP contribution in [0.2, 0.25) is 0 Å². The normalized spacial score (nSPS) is 13.1. The van der Waals surface area contributed by atoms with E-state index in [1.54, 1.807) is 54.7 Å². The third-order valence-corrected chi connectivity index (χ3v) is 6.68. The van der Waals surface area contributed by atoms with Crippen LogP contribution in [-0.4, -0.2) is 26.4 Å². The summed E-state index contributed by atoms with van der Waals surface area (Å²) in [5.41, 5.74) is 1.60. The van der Waals surface area contributed by atoms with Gasteiger partial charge < -0.3 is 15.4 Å². The van der Waals surface area contributed by atoms with Crippen LogP contribution in [0.3, 0.4) is 0 Å². The lowest BCUT2D eigenvalue weighted by atomic mass is 9.85. The van der Waals surface area contributed by atoms with Crippen molar-refractivity contribution in [3.63, 3.8) is 0 Å². The summed E-state index contributed by atoms with van der Waals surface area (Å²) in [5, 5.41) is 19.5. The van der Waals surface area contributed by atoms with Crippen molar-refractivity contribution >= 4 is 44.9 Å². The Bertz CT molecular complexity index is 1570. The van der Waals surface area contributed by atoms with Gasteiger partial charge in [-0.2, -0.15) is 5.26 Å². The first-order valence-corrected chi connectivity index (χ1v) is 12.5. The molecule has 1 aliphatic carbocycles. The number of amides is 2. The summed E-state index contributed by atoms with van der Waals surface area (Å²) in [7, 11) is 0. The number of anilines is 2. The third kappa shape index (κ3) is 5.47. The molecule has 0 atom stereocenters. The van der Waals surface area contributed by atoms with E-state index in [0.717, 1.165) is 18.4 Å². The molecule has 4 aromatic rings.